The highest BCUT2D eigenvalue weighted by atomic mass is 32.2. The van der Waals surface area contributed by atoms with Crippen molar-refractivity contribution in [2.45, 2.75) is 29.7 Å². The van der Waals surface area contributed by atoms with Crippen LogP contribution in [0.3, 0.4) is 0 Å². The lowest BCUT2D eigenvalue weighted by Crippen LogP contribution is -2.23. The molecule has 3 aromatic rings. The molecule has 0 spiro atoms. The minimum Gasteiger partial charge on any atom is -0.497 e. The van der Waals surface area contributed by atoms with Crippen molar-refractivity contribution in [3.05, 3.63) is 47.3 Å². The first kappa shape index (κ1) is 25.0. The van der Waals surface area contributed by atoms with E-state index in [4.69, 9.17) is 9.47 Å². The molecule has 3 rings (SSSR count). The van der Waals surface area contributed by atoms with Crippen molar-refractivity contribution in [2.75, 3.05) is 25.7 Å². The van der Waals surface area contributed by atoms with Gasteiger partial charge in [-0.3, -0.25) is 9.59 Å². The van der Waals surface area contributed by atoms with Crippen molar-refractivity contribution in [1.29, 1.82) is 0 Å². The summed E-state index contributed by atoms with van der Waals surface area (Å²) in [4.78, 5) is 30.3. The number of amides is 1. The quantitative estimate of drug-likeness (QED) is 0.323. The Bertz CT molecular complexity index is 1320. The molecule has 0 aliphatic heterocycles. The number of fused-ring (bicyclic) bond motifs is 1. The summed E-state index contributed by atoms with van der Waals surface area (Å²) >= 11 is 2.85. The average Bonchev–Trinajstić information content (AvgIpc) is 3.13. The smallest absolute Gasteiger partial charge is 0.326 e. The number of methoxy groups -OCH3 is 1. The number of rotatable bonds is 9. The van der Waals surface area contributed by atoms with Gasteiger partial charge in [0.25, 0.3) is 0 Å². The number of esters is 1. The summed E-state index contributed by atoms with van der Waals surface area (Å²) in [5, 5.41) is 0. The molecule has 33 heavy (non-hydrogen) atoms. The zero-order valence-electron chi connectivity index (χ0n) is 18.4. The summed E-state index contributed by atoms with van der Waals surface area (Å²) in [7, 11) is -2.17. The molecule has 2 aromatic carbocycles. The van der Waals surface area contributed by atoms with Crippen molar-refractivity contribution < 1.29 is 27.5 Å². The number of nitrogens with zero attached hydrogens (tertiary/aromatic N) is 2. The summed E-state index contributed by atoms with van der Waals surface area (Å²) in [6.45, 7) is 1.87. The second kappa shape index (κ2) is 11.0. The molecule has 0 radical (unpaired) electrons. The van der Waals surface area contributed by atoms with E-state index in [-0.39, 0.29) is 30.2 Å². The molecule has 1 aromatic heterocycles. The molecule has 0 N–H and O–H groups in total. The van der Waals surface area contributed by atoms with Crippen LogP contribution in [0.4, 0.5) is 0 Å². The Morgan fingerprint density at radius 2 is 1.88 bits per heavy atom. The van der Waals surface area contributed by atoms with Crippen LogP contribution in [0.15, 0.2) is 57.2 Å². The Morgan fingerprint density at radius 1 is 1.15 bits per heavy atom. The average molecular weight is 509 g/mol. The Balaban J connectivity index is 1.87. The van der Waals surface area contributed by atoms with E-state index in [2.05, 4.69) is 4.99 Å². The van der Waals surface area contributed by atoms with Gasteiger partial charge in [-0.25, -0.2) is 8.42 Å². The molecule has 0 fully saturated rings. The Kier molecular flexibility index (Phi) is 8.33. The zero-order chi connectivity index (χ0) is 24.0. The van der Waals surface area contributed by atoms with Crippen molar-refractivity contribution in [1.82, 2.24) is 4.57 Å². The van der Waals surface area contributed by atoms with Gasteiger partial charge in [0.05, 0.1) is 34.6 Å². The van der Waals surface area contributed by atoms with Crippen molar-refractivity contribution in [2.24, 2.45) is 4.99 Å². The molecule has 0 bridgehead atoms. The van der Waals surface area contributed by atoms with E-state index in [1.165, 1.54) is 30.6 Å². The van der Waals surface area contributed by atoms with E-state index in [1.54, 1.807) is 35.4 Å². The van der Waals surface area contributed by atoms with E-state index in [0.717, 1.165) is 15.1 Å². The van der Waals surface area contributed by atoms with Gasteiger partial charge in [0.1, 0.15) is 12.3 Å². The summed E-state index contributed by atoms with van der Waals surface area (Å²) in [5.74, 6) is -0.856. The second-order valence-corrected chi connectivity index (χ2v) is 10.9. The minimum atomic E-state index is -3.66. The summed E-state index contributed by atoms with van der Waals surface area (Å²) < 4.78 is 37.7. The van der Waals surface area contributed by atoms with Crippen molar-refractivity contribution >= 4 is 55.0 Å². The summed E-state index contributed by atoms with van der Waals surface area (Å²) in [6.07, 6.45) is 1.68. The van der Waals surface area contributed by atoms with Gasteiger partial charge >= 0.3 is 5.97 Å². The van der Waals surface area contributed by atoms with Crippen LogP contribution in [0.5, 0.6) is 5.75 Å². The maximum atomic E-state index is 12.6. The molecule has 0 atom stereocenters. The van der Waals surface area contributed by atoms with Gasteiger partial charge in [0.15, 0.2) is 14.6 Å². The Labute approximate surface area is 200 Å². The van der Waals surface area contributed by atoms with Gasteiger partial charge in [-0.1, -0.05) is 11.3 Å². The lowest BCUT2D eigenvalue weighted by atomic mass is 10.3. The maximum absolute atomic E-state index is 12.6. The standard InChI is InChI=1S/C22H24N2O6S3/c1-4-30-21(26)14-24-18-10-7-16(31-3)13-19(18)32-22(24)23-20(25)11-12-33(27,28)17-8-5-15(29-2)6-9-17/h5-10,13H,4,11-12,14H2,1-3H3. The Hall–Kier alpha value is -2.63. The van der Waals surface area contributed by atoms with Crippen molar-refractivity contribution in [3.63, 3.8) is 0 Å². The van der Waals surface area contributed by atoms with Crippen LogP contribution in [0.2, 0.25) is 0 Å². The third-order valence-corrected chi connectivity index (χ3v) is 8.20. The number of carbonyl (C=O) groups is 2. The highest BCUT2D eigenvalue weighted by molar-refractivity contribution is 7.98. The molecule has 8 nitrogen and oxygen atoms in total. The van der Waals surface area contributed by atoms with Gasteiger partial charge in [-0.15, -0.1) is 11.8 Å². The fourth-order valence-electron chi connectivity index (χ4n) is 3.04. The number of hydrogen-bond acceptors (Lipinski definition) is 8. The molecule has 0 unspecified atom stereocenters. The van der Waals surface area contributed by atoms with Crippen molar-refractivity contribution in [3.8, 4) is 5.75 Å². The molecule has 176 valence electrons. The number of thioether (sulfide) groups is 1. The van der Waals surface area contributed by atoms with Crippen LogP contribution in [0.25, 0.3) is 10.2 Å². The monoisotopic (exact) mass is 508 g/mol. The number of benzene rings is 2. The molecule has 0 saturated carbocycles. The lowest BCUT2D eigenvalue weighted by molar-refractivity contribution is -0.143. The van der Waals surface area contributed by atoms with E-state index in [0.29, 0.717) is 10.6 Å². The highest BCUT2D eigenvalue weighted by Crippen LogP contribution is 2.24. The minimum absolute atomic E-state index is 0.0945. The Morgan fingerprint density at radius 3 is 2.52 bits per heavy atom. The zero-order valence-corrected chi connectivity index (χ0v) is 20.9. The lowest BCUT2D eigenvalue weighted by Gasteiger charge is -2.06. The fraction of sp³-hybridized carbons (Fsp3) is 0.318. The predicted octanol–water partition coefficient (Wildman–Crippen LogP) is 3.29. The number of carbonyl (C=O) groups excluding carboxylic acids is 2. The van der Waals surface area contributed by atoms with Crippen LogP contribution >= 0.6 is 23.1 Å². The largest absolute Gasteiger partial charge is 0.497 e. The fourth-order valence-corrected chi connectivity index (χ4v) is 5.87. The number of ether oxygens (including phenoxy) is 2. The first-order valence-corrected chi connectivity index (χ1v) is 13.7. The molecular weight excluding hydrogens is 484 g/mol. The maximum Gasteiger partial charge on any atom is 0.326 e. The first-order chi connectivity index (χ1) is 15.8. The SMILES string of the molecule is CCOC(=O)Cn1c(=NC(=O)CCS(=O)(=O)c2ccc(OC)cc2)sc2cc(SC)ccc21. The van der Waals surface area contributed by atoms with Gasteiger partial charge in [0, 0.05) is 11.3 Å². The van der Waals surface area contributed by atoms with Crippen LogP contribution in [0.1, 0.15) is 13.3 Å². The molecule has 11 heteroatoms. The number of aromatic nitrogens is 1. The number of hydrogen-bond donors (Lipinski definition) is 0. The summed E-state index contributed by atoms with van der Waals surface area (Å²) in [5.41, 5.74) is 0.753. The van der Waals surface area contributed by atoms with Crippen LogP contribution in [0, 0.1) is 0 Å². The molecule has 0 saturated heterocycles. The first-order valence-electron chi connectivity index (χ1n) is 10.0. The normalized spacial score (nSPS) is 12.2. The van der Waals surface area contributed by atoms with Crippen LogP contribution < -0.4 is 9.54 Å². The number of thiazole rings is 1. The van der Waals surface area contributed by atoms with E-state index < -0.39 is 21.7 Å². The third-order valence-electron chi connectivity index (χ3n) is 4.71. The molecule has 0 aliphatic rings. The molecule has 1 amide bonds. The highest BCUT2D eigenvalue weighted by Gasteiger charge is 2.18. The van der Waals surface area contributed by atoms with E-state index in [1.807, 2.05) is 24.5 Å². The van der Waals surface area contributed by atoms with Crippen LogP contribution in [-0.2, 0) is 30.7 Å². The molecule has 1 heterocycles. The van der Waals surface area contributed by atoms with Gasteiger partial charge in [0.2, 0.25) is 5.91 Å². The van der Waals surface area contributed by atoms with Gasteiger partial charge < -0.3 is 14.0 Å². The van der Waals surface area contributed by atoms with E-state index >= 15 is 0 Å². The topological polar surface area (TPSA) is 104 Å². The third kappa shape index (κ3) is 6.24. The second-order valence-electron chi connectivity index (χ2n) is 6.86. The van der Waals surface area contributed by atoms with Gasteiger partial charge in [-0.05, 0) is 55.6 Å². The number of sulfone groups is 1. The predicted molar refractivity (Wildman–Crippen MR) is 128 cm³/mol. The molecular formula is C22H24N2O6S3. The molecule has 0 aliphatic carbocycles. The summed E-state index contributed by atoms with van der Waals surface area (Å²) in [6, 6.07) is 11.7. The van der Waals surface area contributed by atoms with Crippen LogP contribution in [-0.4, -0.2) is 50.6 Å². The van der Waals surface area contributed by atoms with Gasteiger partial charge in [-0.2, -0.15) is 4.99 Å². The van der Waals surface area contributed by atoms with E-state index in [9.17, 15) is 18.0 Å².